The molecule has 5 nitrogen and oxygen atoms in total. The van der Waals surface area contributed by atoms with Gasteiger partial charge in [-0.25, -0.2) is 0 Å². The first-order valence-corrected chi connectivity index (χ1v) is 9.83. The monoisotopic (exact) mass is 448 g/mol. The molecule has 2 heterocycles. The number of carbonyl (C=O) groups excluding carboxylic acids is 1. The summed E-state index contributed by atoms with van der Waals surface area (Å²) in [6.45, 7) is 4.61. The van der Waals surface area contributed by atoms with Crippen LogP contribution < -0.4 is 10.2 Å². The van der Waals surface area contributed by atoms with E-state index >= 15 is 0 Å². The molecule has 4 rings (SSSR count). The molecule has 1 N–H and O–H groups in total. The quantitative estimate of drug-likeness (QED) is 0.594. The van der Waals surface area contributed by atoms with E-state index in [1.54, 1.807) is 0 Å². The van der Waals surface area contributed by atoms with Crippen molar-refractivity contribution >= 4 is 55.8 Å². The van der Waals surface area contributed by atoms with Gasteiger partial charge < -0.3 is 19.4 Å². The van der Waals surface area contributed by atoms with Crippen LogP contribution in [-0.2, 0) is 4.74 Å². The van der Waals surface area contributed by atoms with Gasteiger partial charge in [0.25, 0.3) is 5.91 Å². The van der Waals surface area contributed by atoms with E-state index in [4.69, 9.17) is 20.8 Å². The summed E-state index contributed by atoms with van der Waals surface area (Å²) in [5.41, 5.74) is 2.96. The molecule has 0 radical (unpaired) electrons. The molecule has 3 aromatic rings. The molecule has 27 heavy (non-hydrogen) atoms. The number of fused-ring (bicyclic) bond motifs is 1. The number of ether oxygens (including phenoxy) is 1. The van der Waals surface area contributed by atoms with Crippen molar-refractivity contribution < 1.29 is 13.9 Å². The van der Waals surface area contributed by atoms with E-state index < -0.39 is 0 Å². The number of anilines is 2. The van der Waals surface area contributed by atoms with Gasteiger partial charge in [-0.3, -0.25) is 4.79 Å². The van der Waals surface area contributed by atoms with Gasteiger partial charge in [0.2, 0.25) is 0 Å². The number of morpholine rings is 1. The number of benzene rings is 2. The molecule has 0 bridgehead atoms. The fourth-order valence-electron chi connectivity index (χ4n) is 3.32. The Morgan fingerprint density at radius 2 is 2.00 bits per heavy atom. The van der Waals surface area contributed by atoms with Crippen molar-refractivity contribution in [3.63, 3.8) is 0 Å². The average Bonchev–Trinajstić information content (AvgIpc) is 2.98. The Morgan fingerprint density at radius 1 is 1.22 bits per heavy atom. The van der Waals surface area contributed by atoms with Crippen LogP contribution in [0.3, 0.4) is 0 Å². The van der Waals surface area contributed by atoms with Crippen LogP contribution in [0.25, 0.3) is 11.0 Å². The van der Waals surface area contributed by atoms with Crippen molar-refractivity contribution in [2.45, 2.75) is 6.92 Å². The van der Waals surface area contributed by atoms with Gasteiger partial charge in [0.05, 0.1) is 29.6 Å². The Hall–Kier alpha value is -2.02. The molecule has 140 valence electrons. The van der Waals surface area contributed by atoms with Crippen LogP contribution in [0.15, 0.2) is 45.3 Å². The highest BCUT2D eigenvalue weighted by molar-refractivity contribution is 9.10. The summed E-state index contributed by atoms with van der Waals surface area (Å²) in [7, 11) is 0. The summed E-state index contributed by atoms with van der Waals surface area (Å²) in [6, 6.07) is 11.2. The van der Waals surface area contributed by atoms with E-state index in [-0.39, 0.29) is 5.91 Å². The second kappa shape index (κ2) is 7.54. The molecule has 0 unspecified atom stereocenters. The van der Waals surface area contributed by atoms with E-state index in [2.05, 4.69) is 26.1 Å². The maximum Gasteiger partial charge on any atom is 0.291 e. The molecule has 0 atom stereocenters. The highest BCUT2D eigenvalue weighted by Gasteiger charge is 2.22. The molecule has 7 heteroatoms. The van der Waals surface area contributed by atoms with Gasteiger partial charge in [0, 0.05) is 28.5 Å². The first-order chi connectivity index (χ1) is 13.0. The number of furan rings is 1. The average molecular weight is 450 g/mol. The van der Waals surface area contributed by atoms with Crippen molar-refractivity contribution in [1.82, 2.24) is 0 Å². The van der Waals surface area contributed by atoms with Crippen LogP contribution in [-0.4, -0.2) is 32.2 Å². The highest BCUT2D eigenvalue weighted by atomic mass is 79.9. The normalized spacial score (nSPS) is 14.6. The SMILES string of the molecule is Cc1c(C(=O)Nc2cccc(Cl)c2N2CCOCC2)oc2cc(Br)ccc12. The summed E-state index contributed by atoms with van der Waals surface area (Å²) in [5, 5.41) is 4.49. The smallest absolute Gasteiger partial charge is 0.291 e. The van der Waals surface area contributed by atoms with E-state index in [9.17, 15) is 4.79 Å². The standard InChI is InChI=1S/C20H18BrClN2O3/c1-12-14-6-5-13(21)11-17(14)27-19(12)20(25)23-16-4-2-3-15(22)18(16)24-7-9-26-10-8-24/h2-6,11H,7-10H2,1H3,(H,23,25). The van der Waals surface area contributed by atoms with Gasteiger partial charge in [-0.2, -0.15) is 0 Å². The molecule has 1 saturated heterocycles. The van der Waals surface area contributed by atoms with Crippen molar-refractivity contribution in [3.8, 4) is 0 Å². The molecule has 0 saturated carbocycles. The first-order valence-electron chi connectivity index (χ1n) is 8.66. The van der Waals surface area contributed by atoms with Gasteiger partial charge in [-0.15, -0.1) is 0 Å². The number of carbonyl (C=O) groups is 1. The van der Waals surface area contributed by atoms with Crippen LogP contribution in [0.5, 0.6) is 0 Å². The Morgan fingerprint density at radius 3 is 2.78 bits per heavy atom. The summed E-state index contributed by atoms with van der Waals surface area (Å²) in [4.78, 5) is 15.1. The molecule has 1 aliphatic heterocycles. The third-order valence-electron chi connectivity index (χ3n) is 4.67. The number of nitrogens with one attached hydrogen (secondary N) is 1. The summed E-state index contributed by atoms with van der Waals surface area (Å²) in [5.74, 6) is 0.00704. The van der Waals surface area contributed by atoms with E-state index in [0.717, 1.165) is 34.2 Å². The first kappa shape index (κ1) is 18.3. The van der Waals surface area contributed by atoms with Gasteiger partial charge in [0.15, 0.2) is 5.76 Å². The Bertz CT molecular complexity index is 1010. The second-order valence-electron chi connectivity index (χ2n) is 6.39. The molecule has 1 amide bonds. The Kier molecular flexibility index (Phi) is 5.12. The zero-order valence-electron chi connectivity index (χ0n) is 14.7. The predicted molar refractivity (Wildman–Crippen MR) is 111 cm³/mol. The number of rotatable bonds is 3. The fraction of sp³-hybridized carbons (Fsp3) is 0.250. The van der Waals surface area contributed by atoms with E-state index in [0.29, 0.717) is 35.3 Å². The maximum atomic E-state index is 12.9. The largest absolute Gasteiger partial charge is 0.451 e. The van der Waals surface area contributed by atoms with Crippen LogP contribution >= 0.6 is 27.5 Å². The summed E-state index contributed by atoms with van der Waals surface area (Å²) >= 11 is 9.87. The van der Waals surface area contributed by atoms with E-state index in [1.807, 2.05) is 43.3 Å². The molecule has 1 aromatic heterocycles. The molecule has 1 aliphatic rings. The second-order valence-corrected chi connectivity index (χ2v) is 7.71. The number of halogens is 2. The van der Waals surface area contributed by atoms with Gasteiger partial charge in [0.1, 0.15) is 5.58 Å². The van der Waals surface area contributed by atoms with Crippen molar-refractivity contribution in [2.24, 2.45) is 0 Å². The van der Waals surface area contributed by atoms with Crippen LogP contribution in [0.1, 0.15) is 16.1 Å². The van der Waals surface area contributed by atoms with Crippen molar-refractivity contribution in [1.29, 1.82) is 0 Å². The van der Waals surface area contributed by atoms with Gasteiger partial charge in [-0.05, 0) is 37.3 Å². The lowest BCUT2D eigenvalue weighted by Crippen LogP contribution is -2.37. The summed E-state index contributed by atoms with van der Waals surface area (Å²) < 4.78 is 12.1. The minimum Gasteiger partial charge on any atom is -0.451 e. The van der Waals surface area contributed by atoms with Crippen LogP contribution in [0.4, 0.5) is 11.4 Å². The topological polar surface area (TPSA) is 54.7 Å². The fourth-order valence-corrected chi connectivity index (χ4v) is 3.95. The van der Waals surface area contributed by atoms with Crippen LogP contribution in [0.2, 0.25) is 5.02 Å². The number of nitrogens with zero attached hydrogens (tertiary/aromatic N) is 1. The third-order valence-corrected chi connectivity index (χ3v) is 5.47. The number of amides is 1. The Balaban J connectivity index is 1.67. The van der Waals surface area contributed by atoms with E-state index in [1.165, 1.54) is 0 Å². The lowest BCUT2D eigenvalue weighted by atomic mass is 10.1. The van der Waals surface area contributed by atoms with Crippen molar-refractivity contribution in [3.05, 3.63) is 57.2 Å². The summed E-state index contributed by atoms with van der Waals surface area (Å²) in [6.07, 6.45) is 0. The molecular formula is C20H18BrClN2O3. The zero-order valence-corrected chi connectivity index (χ0v) is 17.1. The zero-order chi connectivity index (χ0) is 19.0. The van der Waals surface area contributed by atoms with Gasteiger partial charge in [-0.1, -0.05) is 33.6 Å². The number of hydrogen-bond acceptors (Lipinski definition) is 4. The minimum absolute atomic E-state index is 0.295. The maximum absolute atomic E-state index is 12.9. The molecule has 2 aromatic carbocycles. The van der Waals surface area contributed by atoms with Crippen molar-refractivity contribution in [2.75, 3.05) is 36.5 Å². The molecular weight excluding hydrogens is 432 g/mol. The molecule has 1 fully saturated rings. The van der Waals surface area contributed by atoms with Crippen LogP contribution in [0, 0.1) is 6.92 Å². The predicted octanol–water partition coefficient (Wildman–Crippen LogP) is 5.25. The van der Waals surface area contributed by atoms with Gasteiger partial charge >= 0.3 is 0 Å². The highest BCUT2D eigenvalue weighted by Crippen LogP contribution is 2.35. The molecule has 0 spiro atoms. The number of para-hydroxylation sites is 1. The number of hydrogen-bond donors (Lipinski definition) is 1. The lowest BCUT2D eigenvalue weighted by molar-refractivity contribution is 0.0998. The molecule has 0 aliphatic carbocycles. The third kappa shape index (κ3) is 3.57. The number of aryl methyl sites for hydroxylation is 1. The lowest BCUT2D eigenvalue weighted by Gasteiger charge is -2.31. The Labute approximate surface area is 170 Å². The minimum atomic E-state index is -0.295.